The second kappa shape index (κ2) is 9.45. The van der Waals surface area contributed by atoms with Crippen molar-refractivity contribution in [3.8, 4) is 0 Å². The Balaban J connectivity index is 0. The van der Waals surface area contributed by atoms with Gasteiger partial charge in [-0.1, -0.05) is 6.92 Å². The van der Waals surface area contributed by atoms with Crippen molar-refractivity contribution in [2.45, 2.75) is 13.3 Å². The molecule has 0 radical (unpaired) electrons. The van der Waals surface area contributed by atoms with Crippen LogP contribution in [0.1, 0.15) is 13.3 Å². The average molecular weight is 229 g/mol. The Morgan fingerprint density at radius 3 is 1.50 bits per heavy atom. The molecule has 0 bridgehead atoms. The summed E-state index contributed by atoms with van der Waals surface area (Å²) < 4.78 is 13.1. The van der Waals surface area contributed by atoms with E-state index in [1.54, 1.807) is 0 Å². The summed E-state index contributed by atoms with van der Waals surface area (Å²) in [7, 11) is -1.18. The molecule has 0 spiro atoms. The molecule has 7 heteroatoms. The van der Waals surface area contributed by atoms with Crippen LogP contribution in [0, 0.1) is 5.41 Å². The number of aliphatic hydroxyl groups excluding tert-OH is 3. The first-order chi connectivity index (χ1) is 6.51. The Kier molecular flexibility index (Phi) is 11.0. The van der Waals surface area contributed by atoms with Gasteiger partial charge in [-0.2, -0.15) is 0 Å². The first kappa shape index (κ1) is 16.3. The van der Waals surface area contributed by atoms with Gasteiger partial charge in [0.1, 0.15) is 0 Å². The molecule has 0 aliphatic heterocycles. The first-order valence-electron chi connectivity index (χ1n) is 4.04. The summed E-state index contributed by atoms with van der Waals surface area (Å²) in [5.41, 5.74) is -0.667. The van der Waals surface area contributed by atoms with Crippen LogP contribution in [0.4, 0.5) is 0 Å². The molecule has 1 atom stereocenters. The van der Waals surface area contributed by atoms with Crippen molar-refractivity contribution < 1.29 is 29.3 Å². The summed E-state index contributed by atoms with van der Waals surface area (Å²) in [5, 5.41) is 26.0. The minimum Gasteiger partial charge on any atom is -0.396 e. The highest BCUT2D eigenvalue weighted by Gasteiger charge is 2.24. The smallest absolute Gasteiger partial charge is 0.396 e. The lowest BCUT2D eigenvalue weighted by atomic mass is 9.88. The fourth-order valence-corrected chi connectivity index (χ4v) is 0.485. The van der Waals surface area contributed by atoms with E-state index in [0.717, 1.165) is 0 Å². The molecule has 1 unspecified atom stereocenters. The van der Waals surface area contributed by atoms with Gasteiger partial charge in [-0.3, -0.25) is 0 Å². The van der Waals surface area contributed by atoms with Crippen LogP contribution < -0.4 is 0 Å². The van der Waals surface area contributed by atoms with E-state index in [1.165, 1.54) is 7.11 Å². The second-order valence-corrected chi connectivity index (χ2v) is 3.59. The highest BCUT2D eigenvalue weighted by atomic mass is 31.1. The molecule has 0 fully saturated rings. The van der Waals surface area contributed by atoms with E-state index >= 15 is 0 Å². The van der Waals surface area contributed by atoms with Crippen molar-refractivity contribution in [2.24, 2.45) is 5.41 Å². The van der Waals surface area contributed by atoms with E-state index in [2.05, 4.69) is 4.52 Å². The predicted molar refractivity (Wildman–Crippen MR) is 50.8 cm³/mol. The molecule has 0 aromatic rings. The van der Waals surface area contributed by atoms with Crippen LogP contribution in [0.2, 0.25) is 0 Å². The minimum absolute atomic E-state index is 0.156. The van der Waals surface area contributed by atoms with E-state index in [4.69, 9.17) is 20.2 Å². The maximum atomic E-state index is 9.29. The van der Waals surface area contributed by atoms with Crippen molar-refractivity contribution in [3.63, 3.8) is 0 Å². The van der Waals surface area contributed by atoms with Gasteiger partial charge >= 0.3 is 8.25 Å². The molecule has 0 rings (SSSR count). The van der Waals surface area contributed by atoms with Crippen molar-refractivity contribution in [3.05, 3.63) is 0 Å². The van der Waals surface area contributed by atoms with Gasteiger partial charge < -0.3 is 15.3 Å². The lowest BCUT2D eigenvalue weighted by Gasteiger charge is -2.24. The third kappa shape index (κ3) is 7.32. The van der Waals surface area contributed by atoms with Crippen LogP contribution in [0.5, 0.6) is 0 Å². The van der Waals surface area contributed by atoms with Gasteiger partial charge in [0.25, 0.3) is 0 Å². The predicted octanol–water partition coefficient (Wildman–Crippen LogP) is -0.358. The zero-order valence-electron chi connectivity index (χ0n) is 8.38. The Morgan fingerprint density at radius 1 is 1.21 bits per heavy atom. The van der Waals surface area contributed by atoms with Crippen LogP contribution in [0.15, 0.2) is 0 Å². The summed E-state index contributed by atoms with van der Waals surface area (Å²) in [6, 6.07) is 0. The van der Waals surface area contributed by atoms with Crippen LogP contribution in [-0.2, 0) is 9.09 Å². The molecule has 0 heterocycles. The van der Waals surface area contributed by atoms with Crippen molar-refractivity contribution in [2.75, 3.05) is 26.9 Å². The molecule has 4 N–H and O–H groups in total. The molecular formula is C7H18O6P+. The molecule has 0 aliphatic carbocycles. The van der Waals surface area contributed by atoms with Gasteiger partial charge in [0.2, 0.25) is 0 Å². The van der Waals surface area contributed by atoms with E-state index < -0.39 is 13.7 Å². The number of hydrogen-bond acceptors (Lipinski definition) is 5. The van der Waals surface area contributed by atoms with Gasteiger partial charge in [-0.05, 0) is 6.42 Å². The first-order valence-corrected chi connectivity index (χ1v) is 5.17. The van der Waals surface area contributed by atoms with Crippen LogP contribution in [-0.4, -0.2) is 47.1 Å². The quantitative estimate of drug-likeness (QED) is 0.480. The zero-order valence-corrected chi connectivity index (χ0v) is 9.28. The van der Waals surface area contributed by atoms with E-state index in [9.17, 15) is 4.57 Å². The molecule has 0 saturated heterocycles. The fraction of sp³-hybridized carbons (Fsp3) is 1.00. The molecule has 6 nitrogen and oxygen atoms in total. The monoisotopic (exact) mass is 229 g/mol. The Hall–Kier alpha value is -0.100. The number of rotatable bonds is 5. The van der Waals surface area contributed by atoms with E-state index in [1.807, 2.05) is 6.92 Å². The minimum atomic E-state index is -2.35. The average Bonchev–Trinajstić information content (AvgIpc) is 2.23. The summed E-state index contributed by atoms with van der Waals surface area (Å²) in [5.74, 6) is 0. The number of aliphatic hydroxyl groups is 3. The maximum Gasteiger partial charge on any atom is 0.694 e. The normalized spacial score (nSPS) is 11.7. The van der Waals surface area contributed by atoms with Crippen LogP contribution >= 0.6 is 8.25 Å². The van der Waals surface area contributed by atoms with Gasteiger partial charge in [0.15, 0.2) is 0 Å². The highest BCUT2D eigenvalue weighted by Crippen LogP contribution is 2.18. The summed E-state index contributed by atoms with van der Waals surface area (Å²) in [6.07, 6.45) is 0.594. The van der Waals surface area contributed by atoms with Gasteiger partial charge in [0, 0.05) is 9.98 Å². The summed E-state index contributed by atoms with van der Waals surface area (Å²) >= 11 is 0. The third-order valence-corrected chi connectivity index (χ3v) is 2.22. The zero-order chi connectivity index (χ0) is 11.6. The van der Waals surface area contributed by atoms with Crippen LogP contribution in [0.3, 0.4) is 0 Å². The standard InChI is InChI=1S/C6H14O3.CH3O3P/c1-2-6(3-7,4-8)5-9;1-4-5(2)3/h7-9H,2-5H2,1H3;1H3/p+1. The third-order valence-electron chi connectivity index (χ3n) is 1.91. The summed E-state index contributed by atoms with van der Waals surface area (Å²) in [6.45, 7) is 1.35. The molecule has 14 heavy (non-hydrogen) atoms. The second-order valence-electron chi connectivity index (χ2n) is 2.75. The van der Waals surface area contributed by atoms with E-state index in [-0.39, 0.29) is 19.8 Å². The summed E-state index contributed by atoms with van der Waals surface area (Å²) in [4.78, 5) is 7.65. The molecule has 0 saturated carbocycles. The number of hydrogen-bond donors (Lipinski definition) is 4. The molecule has 0 amide bonds. The lowest BCUT2D eigenvalue weighted by Crippen LogP contribution is -2.32. The van der Waals surface area contributed by atoms with Crippen molar-refractivity contribution in [1.29, 1.82) is 0 Å². The van der Waals surface area contributed by atoms with Gasteiger partial charge in [-0.25, -0.2) is 0 Å². The largest absolute Gasteiger partial charge is 0.694 e. The lowest BCUT2D eigenvalue weighted by molar-refractivity contribution is 0.00304. The van der Waals surface area contributed by atoms with Gasteiger partial charge in [-0.15, -0.1) is 9.42 Å². The molecule has 86 valence electrons. The van der Waals surface area contributed by atoms with Crippen molar-refractivity contribution in [1.82, 2.24) is 0 Å². The Bertz CT molecular complexity index is 130. The molecular weight excluding hydrogens is 211 g/mol. The topological polar surface area (TPSA) is 107 Å². The Labute approximate surface area is 84.1 Å². The molecule has 0 aromatic heterocycles. The van der Waals surface area contributed by atoms with Crippen molar-refractivity contribution >= 4 is 8.25 Å². The van der Waals surface area contributed by atoms with Crippen LogP contribution in [0.25, 0.3) is 0 Å². The fourth-order valence-electron chi connectivity index (χ4n) is 0.485. The molecule has 0 aromatic carbocycles. The van der Waals surface area contributed by atoms with E-state index in [0.29, 0.717) is 6.42 Å². The highest BCUT2D eigenvalue weighted by molar-refractivity contribution is 7.32. The van der Waals surface area contributed by atoms with Gasteiger partial charge in [0.05, 0.1) is 26.9 Å². The molecule has 0 aliphatic rings. The Morgan fingerprint density at radius 2 is 1.50 bits per heavy atom. The SMILES string of the molecule is CCC(CO)(CO)CO.CO[P+](=O)O. The maximum absolute atomic E-state index is 9.29.